The standard InChI is InChI=1S/C23H25NO5S/c1-3-10-27-23(26)21-16-7-4-14(2)11-19(16)30-22(21)24-20(25)9-6-15-5-8-17-18(12-15)29-13-28-17/h5-6,8-9,12,14H,3-4,7,10-11,13H2,1-2H3,(H,24,25). The maximum atomic E-state index is 12.7. The molecule has 30 heavy (non-hydrogen) atoms. The van der Waals surface area contributed by atoms with E-state index >= 15 is 0 Å². The van der Waals surface area contributed by atoms with E-state index in [4.69, 9.17) is 14.2 Å². The van der Waals surface area contributed by atoms with E-state index in [1.165, 1.54) is 22.3 Å². The third-order valence-electron chi connectivity index (χ3n) is 5.21. The molecule has 1 amide bonds. The Labute approximate surface area is 179 Å². The summed E-state index contributed by atoms with van der Waals surface area (Å²) in [4.78, 5) is 26.5. The summed E-state index contributed by atoms with van der Waals surface area (Å²) in [5, 5.41) is 3.48. The van der Waals surface area contributed by atoms with Crippen LogP contribution in [0.5, 0.6) is 11.5 Å². The van der Waals surface area contributed by atoms with E-state index in [9.17, 15) is 9.59 Å². The predicted molar refractivity (Wildman–Crippen MR) is 116 cm³/mol. The molecule has 4 rings (SSSR count). The van der Waals surface area contributed by atoms with Gasteiger partial charge in [0.25, 0.3) is 0 Å². The van der Waals surface area contributed by atoms with Gasteiger partial charge in [-0.25, -0.2) is 4.79 Å². The summed E-state index contributed by atoms with van der Waals surface area (Å²) in [6.07, 6.45) is 6.73. The van der Waals surface area contributed by atoms with Crippen LogP contribution in [0, 0.1) is 5.92 Å². The highest BCUT2D eigenvalue weighted by Crippen LogP contribution is 2.40. The Kier molecular flexibility index (Phi) is 6.08. The van der Waals surface area contributed by atoms with E-state index in [0.717, 1.165) is 36.8 Å². The Morgan fingerprint density at radius 1 is 1.30 bits per heavy atom. The largest absolute Gasteiger partial charge is 0.462 e. The summed E-state index contributed by atoms with van der Waals surface area (Å²) in [6, 6.07) is 5.50. The van der Waals surface area contributed by atoms with Crippen LogP contribution in [-0.2, 0) is 22.4 Å². The smallest absolute Gasteiger partial charge is 0.341 e. The van der Waals surface area contributed by atoms with Crippen molar-refractivity contribution in [2.75, 3.05) is 18.7 Å². The Balaban J connectivity index is 1.52. The summed E-state index contributed by atoms with van der Waals surface area (Å²) in [6.45, 7) is 4.75. The third kappa shape index (κ3) is 4.36. The molecular weight excluding hydrogens is 402 g/mol. The summed E-state index contributed by atoms with van der Waals surface area (Å²) in [7, 11) is 0. The number of benzene rings is 1. The summed E-state index contributed by atoms with van der Waals surface area (Å²) in [5.41, 5.74) is 2.39. The minimum absolute atomic E-state index is 0.210. The number of hydrogen-bond donors (Lipinski definition) is 1. The number of thiophene rings is 1. The molecule has 1 unspecified atom stereocenters. The molecule has 1 aliphatic heterocycles. The van der Waals surface area contributed by atoms with E-state index < -0.39 is 0 Å². The third-order valence-corrected chi connectivity index (χ3v) is 6.38. The zero-order valence-corrected chi connectivity index (χ0v) is 18.0. The molecule has 2 heterocycles. The van der Waals surface area contributed by atoms with E-state index in [1.807, 2.05) is 25.1 Å². The number of amides is 1. The first-order chi connectivity index (χ1) is 14.5. The van der Waals surface area contributed by atoms with Gasteiger partial charge in [-0.3, -0.25) is 4.79 Å². The fourth-order valence-electron chi connectivity index (χ4n) is 3.66. The van der Waals surface area contributed by atoms with E-state index in [2.05, 4.69) is 12.2 Å². The van der Waals surface area contributed by atoms with Gasteiger partial charge in [0.2, 0.25) is 12.7 Å². The van der Waals surface area contributed by atoms with E-state index in [0.29, 0.717) is 34.6 Å². The summed E-state index contributed by atoms with van der Waals surface area (Å²) in [5.74, 6) is 1.30. The Hall–Kier alpha value is -2.80. The molecule has 2 aliphatic rings. The number of nitrogens with one attached hydrogen (secondary N) is 1. The van der Waals surface area contributed by atoms with Gasteiger partial charge in [-0.05, 0) is 60.9 Å². The van der Waals surface area contributed by atoms with Crippen LogP contribution in [0.15, 0.2) is 24.3 Å². The maximum Gasteiger partial charge on any atom is 0.341 e. The molecule has 0 fully saturated rings. The van der Waals surface area contributed by atoms with Crippen molar-refractivity contribution in [3.8, 4) is 11.5 Å². The molecule has 158 valence electrons. The Morgan fingerprint density at radius 3 is 2.97 bits per heavy atom. The molecule has 0 spiro atoms. The highest BCUT2D eigenvalue weighted by molar-refractivity contribution is 7.17. The molecule has 1 atom stereocenters. The molecular formula is C23H25NO5S. The lowest BCUT2D eigenvalue weighted by Gasteiger charge is -2.18. The van der Waals surface area contributed by atoms with Gasteiger partial charge in [-0.15, -0.1) is 11.3 Å². The number of hydrogen-bond acceptors (Lipinski definition) is 6. The first-order valence-electron chi connectivity index (χ1n) is 10.3. The van der Waals surface area contributed by atoms with Crippen molar-refractivity contribution in [1.29, 1.82) is 0 Å². The summed E-state index contributed by atoms with van der Waals surface area (Å²) < 4.78 is 16.1. The highest BCUT2D eigenvalue weighted by Gasteiger charge is 2.29. The Bertz CT molecular complexity index is 994. The second-order valence-corrected chi connectivity index (χ2v) is 8.73. The second-order valence-electron chi connectivity index (χ2n) is 7.63. The number of rotatable bonds is 6. The second kappa shape index (κ2) is 8.92. The minimum atomic E-state index is -0.348. The maximum absolute atomic E-state index is 12.7. The molecule has 1 aromatic carbocycles. The number of ether oxygens (including phenoxy) is 3. The van der Waals surface area contributed by atoms with Crippen LogP contribution in [-0.4, -0.2) is 25.3 Å². The van der Waals surface area contributed by atoms with Crippen molar-refractivity contribution in [2.45, 2.75) is 39.5 Å². The van der Waals surface area contributed by atoms with Gasteiger partial charge in [0, 0.05) is 11.0 Å². The fraction of sp³-hybridized carbons (Fsp3) is 0.391. The normalized spacial score (nSPS) is 17.1. The van der Waals surface area contributed by atoms with Crippen LogP contribution in [0.25, 0.3) is 6.08 Å². The SMILES string of the molecule is CCCOC(=O)c1c(NC(=O)C=Cc2ccc3c(c2)OCO3)sc2c1CCC(C)C2. The fourth-order valence-corrected chi connectivity index (χ4v) is 5.07. The van der Waals surface area contributed by atoms with Crippen molar-refractivity contribution in [3.05, 3.63) is 45.8 Å². The lowest BCUT2D eigenvalue weighted by atomic mass is 9.88. The van der Waals surface area contributed by atoms with Gasteiger partial charge in [0.1, 0.15) is 5.00 Å². The lowest BCUT2D eigenvalue weighted by Crippen LogP contribution is -2.16. The number of carbonyl (C=O) groups is 2. The van der Waals surface area contributed by atoms with Gasteiger partial charge in [0.05, 0.1) is 12.2 Å². The number of carbonyl (C=O) groups excluding carboxylic acids is 2. The first kappa shape index (κ1) is 20.5. The first-order valence-corrected chi connectivity index (χ1v) is 11.1. The van der Waals surface area contributed by atoms with Crippen molar-refractivity contribution < 1.29 is 23.8 Å². The molecule has 0 radical (unpaired) electrons. The van der Waals surface area contributed by atoms with Crippen LogP contribution in [0.1, 0.15) is 53.1 Å². The van der Waals surface area contributed by atoms with Gasteiger partial charge < -0.3 is 19.5 Å². The number of esters is 1. The molecule has 2 aromatic rings. The van der Waals surface area contributed by atoms with Gasteiger partial charge in [0.15, 0.2) is 11.5 Å². The van der Waals surface area contributed by atoms with E-state index in [1.54, 1.807) is 6.08 Å². The number of fused-ring (bicyclic) bond motifs is 2. The van der Waals surface area contributed by atoms with Crippen molar-refractivity contribution in [3.63, 3.8) is 0 Å². The quantitative estimate of drug-likeness (QED) is 0.528. The molecule has 1 N–H and O–H groups in total. The van der Waals surface area contributed by atoms with Crippen LogP contribution in [0.3, 0.4) is 0 Å². The van der Waals surface area contributed by atoms with Crippen LogP contribution in [0.4, 0.5) is 5.00 Å². The van der Waals surface area contributed by atoms with Gasteiger partial charge >= 0.3 is 5.97 Å². The molecule has 1 aromatic heterocycles. The Morgan fingerprint density at radius 2 is 2.13 bits per heavy atom. The average Bonchev–Trinajstić information content (AvgIpc) is 3.33. The van der Waals surface area contributed by atoms with Crippen molar-refractivity contribution >= 4 is 34.3 Å². The molecule has 1 aliphatic carbocycles. The number of anilines is 1. The molecule has 0 saturated heterocycles. The zero-order valence-electron chi connectivity index (χ0n) is 17.2. The highest BCUT2D eigenvalue weighted by atomic mass is 32.1. The van der Waals surface area contributed by atoms with E-state index in [-0.39, 0.29) is 18.7 Å². The monoisotopic (exact) mass is 427 g/mol. The minimum Gasteiger partial charge on any atom is -0.462 e. The molecule has 0 bridgehead atoms. The molecule has 0 saturated carbocycles. The van der Waals surface area contributed by atoms with Gasteiger partial charge in [-0.2, -0.15) is 0 Å². The molecule has 6 nitrogen and oxygen atoms in total. The summed E-state index contributed by atoms with van der Waals surface area (Å²) >= 11 is 1.49. The van der Waals surface area contributed by atoms with Crippen molar-refractivity contribution in [2.24, 2.45) is 5.92 Å². The lowest BCUT2D eigenvalue weighted by molar-refractivity contribution is -0.111. The van der Waals surface area contributed by atoms with Crippen LogP contribution < -0.4 is 14.8 Å². The van der Waals surface area contributed by atoms with Crippen LogP contribution >= 0.6 is 11.3 Å². The zero-order chi connectivity index (χ0) is 21.1. The molecule has 7 heteroatoms. The topological polar surface area (TPSA) is 73.9 Å². The van der Waals surface area contributed by atoms with Gasteiger partial charge in [-0.1, -0.05) is 19.9 Å². The predicted octanol–water partition coefficient (Wildman–Crippen LogP) is 4.82. The van der Waals surface area contributed by atoms with Crippen molar-refractivity contribution in [1.82, 2.24) is 0 Å². The average molecular weight is 428 g/mol. The van der Waals surface area contributed by atoms with Crippen LogP contribution in [0.2, 0.25) is 0 Å².